The maximum atomic E-state index is 12.2. The summed E-state index contributed by atoms with van der Waals surface area (Å²) in [4.78, 5) is 20.6. The minimum Gasteiger partial charge on any atom is -0.471 e. The molecule has 0 spiro atoms. The van der Waals surface area contributed by atoms with Crippen LogP contribution >= 0.6 is 0 Å². The summed E-state index contributed by atoms with van der Waals surface area (Å²) in [5.41, 5.74) is 2.33. The fourth-order valence-corrected chi connectivity index (χ4v) is 4.15. The number of hydrogen-bond donors (Lipinski definition) is 1. The number of piperidine rings is 1. The van der Waals surface area contributed by atoms with Crippen molar-refractivity contribution < 1.29 is 9.53 Å². The maximum absolute atomic E-state index is 12.2. The van der Waals surface area contributed by atoms with Gasteiger partial charge in [0.2, 0.25) is 5.91 Å². The number of H-pyrrole nitrogens is 1. The number of hydrogen-bond acceptors (Lipinski definition) is 5. The van der Waals surface area contributed by atoms with E-state index in [9.17, 15) is 4.79 Å². The average Bonchev–Trinajstić information content (AvgIpc) is 3.32. The summed E-state index contributed by atoms with van der Waals surface area (Å²) in [6, 6.07) is 14.7. The third kappa shape index (κ3) is 5.73. The number of carbonyl (C=O) groups is 1. The Hall–Kier alpha value is -3.19. The molecule has 2 heterocycles. The highest BCUT2D eigenvalue weighted by atomic mass is 16.5. The first-order chi connectivity index (χ1) is 15.6. The van der Waals surface area contributed by atoms with Crippen molar-refractivity contribution in [2.24, 2.45) is 10.9 Å². The number of ether oxygens (including phenoxy) is 1. The largest absolute Gasteiger partial charge is 0.471 e. The van der Waals surface area contributed by atoms with Gasteiger partial charge in [0.05, 0.1) is 0 Å². The van der Waals surface area contributed by atoms with Gasteiger partial charge in [-0.25, -0.2) is 0 Å². The Bertz CT molecular complexity index is 1050. The highest BCUT2D eigenvalue weighted by molar-refractivity contribution is 5.84. The molecule has 1 aliphatic heterocycles. The maximum Gasteiger partial charge on any atom is 0.225 e. The third-order valence-electron chi connectivity index (χ3n) is 5.96. The normalized spacial score (nSPS) is 15.4. The van der Waals surface area contributed by atoms with Crippen LogP contribution in [0.15, 0.2) is 53.7 Å². The van der Waals surface area contributed by atoms with Crippen LogP contribution in [0.2, 0.25) is 0 Å². The summed E-state index contributed by atoms with van der Waals surface area (Å²) in [6.45, 7) is 3.15. The molecule has 1 fully saturated rings. The number of aromatic nitrogens is 2. The van der Waals surface area contributed by atoms with Crippen LogP contribution in [0.25, 0.3) is 10.8 Å². The van der Waals surface area contributed by atoms with Gasteiger partial charge in [-0.15, -0.1) is 0 Å². The van der Waals surface area contributed by atoms with Crippen LogP contribution in [0.4, 0.5) is 0 Å². The number of fused-ring (bicyclic) bond motifs is 1. The molecule has 0 radical (unpaired) electrons. The van der Waals surface area contributed by atoms with E-state index in [4.69, 9.17) is 4.74 Å². The van der Waals surface area contributed by atoms with Crippen LogP contribution in [0.3, 0.4) is 0 Å². The van der Waals surface area contributed by atoms with E-state index in [2.05, 4.69) is 50.4 Å². The predicted molar refractivity (Wildman–Crippen MR) is 127 cm³/mol. The van der Waals surface area contributed by atoms with E-state index in [-0.39, 0.29) is 11.8 Å². The number of nitrogens with one attached hydrogen (secondary N) is 1. The number of carbonyl (C=O) groups excluding carboxylic acids is 1. The Balaban J connectivity index is 1.28. The Morgan fingerprint density at radius 2 is 1.97 bits per heavy atom. The highest BCUT2D eigenvalue weighted by Gasteiger charge is 2.25. The van der Waals surface area contributed by atoms with E-state index in [1.54, 1.807) is 11.1 Å². The Kier molecular flexibility index (Phi) is 7.17. The monoisotopic (exact) mass is 433 g/mol. The van der Waals surface area contributed by atoms with Crippen LogP contribution in [-0.4, -0.2) is 66.0 Å². The van der Waals surface area contributed by atoms with Gasteiger partial charge in [-0.1, -0.05) is 18.2 Å². The summed E-state index contributed by atoms with van der Waals surface area (Å²) in [6.07, 6.45) is 6.16. The number of rotatable bonds is 8. The van der Waals surface area contributed by atoms with Crippen molar-refractivity contribution in [3.05, 3.63) is 59.9 Å². The standard InChI is InChI=1S/C25H31N5O2/c1-29(2)25(31)20-9-13-30(14-10-20)17-19-3-4-22-16-24(6-5-21(22)15-19)32-18-26-11-7-23-8-12-27-28-23/h3-6,8,11-12,15-16,20H,7,9-10,13-14,17-18H2,1-2H3,(H,27,28)/b26-11-. The SMILES string of the molecule is CN(C)C(=O)C1CCN(Cc2ccc3cc(OC/N=C\Cc4ccn[nH]4)ccc3c2)CC1. The number of benzene rings is 2. The average molecular weight is 434 g/mol. The van der Waals surface area contributed by atoms with Crippen LogP contribution < -0.4 is 4.74 Å². The second-order valence-corrected chi connectivity index (χ2v) is 8.55. The first kappa shape index (κ1) is 22.0. The fraction of sp³-hybridized carbons (Fsp3) is 0.400. The molecule has 0 unspecified atom stereocenters. The molecule has 7 heteroatoms. The van der Waals surface area contributed by atoms with Gasteiger partial charge >= 0.3 is 0 Å². The van der Waals surface area contributed by atoms with Crippen LogP contribution in [0.1, 0.15) is 24.1 Å². The third-order valence-corrected chi connectivity index (χ3v) is 5.96. The van der Waals surface area contributed by atoms with Crippen molar-refractivity contribution in [1.82, 2.24) is 20.0 Å². The number of likely N-dealkylation sites (tertiary alicyclic amines) is 1. The van der Waals surface area contributed by atoms with Gasteiger partial charge in [0.15, 0.2) is 6.73 Å². The van der Waals surface area contributed by atoms with Crippen molar-refractivity contribution in [1.29, 1.82) is 0 Å². The molecule has 1 aliphatic rings. The lowest BCUT2D eigenvalue weighted by Gasteiger charge is -2.32. The molecular formula is C25H31N5O2. The van der Waals surface area contributed by atoms with E-state index in [1.165, 1.54) is 10.9 Å². The van der Waals surface area contributed by atoms with E-state index >= 15 is 0 Å². The summed E-state index contributed by atoms with van der Waals surface area (Å²) in [7, 11) is 3.69. The summed E-state index contributed by atoms with van der Waals surface area (Å²) < 4.78 is 5.77. The van der Waals surface area contributed by atoms with Gasteiger partial charge in [0, 0.05) is 51.1 Å². The highest BCUT2D eigenvalue weighted by Crippen LogP contribution is 2.24. The Morgan fingerprint density at radius 3 is 2.72 bits per heavy atom. The Morgan fingerprint density at radius 1 is 1.19 bits per heavy atom. The van der Waals surface area contributed by atoms with Gasteiger partial charge in [-0.3, -0.25) is 19.8 Å². The molecule has 3 aromatic rings. The lowest BCUT2D eigenvalue weighted by molar-refractivity contribution is -0.134. The second kappa shape index (κ2) is 10.4. The molecular weight excluding hydrogens is 402 g/mol. The minimum absolute atomic E-state index is 0.172. The number of nitrogens with zero attached hydrogens (tertiary/aromatic N) is 4. The van der Waals surface area contributed by atoms with Crippen molar-refractivity contribution >= 4 is 22.9 Å². The molecule has 32 heavy (non-hydrogen) atoms. The smallest absolute Gasteiger partial charge is 0.225 e. The van der Waals surface area contributed by atoms with Crippen molar-refractivity contribution in [2.45, 2.75) is 25.8 Å². The van der Waals surface area contributed by atoms with Gasteiger partial charge in [0.25, 0.3) is 0 Å². The lowest BCUT2D eigenvalue weighted by Crippen LogP contribution is -2.39. The van der Waals surface area contributed by atoms with Gasteiger partial charge < -0.3 is 9.64 Å². The minimum atomic E-state index is 0.172. The number of aromatic amines is 1. The molecule has 0 bridgehead atoms. The van der Waals surface area contributed by atoms with E-state index in [0.717, 1.165) is 49.3 Å². The van der Waals surface area contributed by atoms with Crippen molar-refractivity contribution in [2.75, 3.05) is 33.9 Å². The molecule has 4 rings (SSSR count). The first-order valence-electron chi connectivity index (χ1n) is 11.1. The summed E-state index contributed by atoms with van der Waals surface area (Å²) in [5, 5.41) is 9.18. The van der Waals surface area contributed by atoms with Crippen LogP contribution in [0.5, 0.6) is 5.75 Å². The summed E-state index contributed by atoms with van der Waals surface area (Å²) in [5.74, 6) is 1.25. The van der Waals surface area contributed by atoms with E-state index in [0.29, 0.717) is 13.2 Å². The van der Waals surface area contributed by atoms with E-state index in [1.807, 2.05) is 32.4 Å². The molecule has 7 nitrogen and oxygen atoms in total. The van der Waals surface area contributed by atoms with Crippen LogP contribution in [0, 0.1) is 5.92 Å². The fourth-order valence-electron chi connectivity index (χ4n) is 4.15. The van der Waals surface area contributed by atoms with Gasteiger partial charge in [-0.05, 0) is 66.5 Å². The van der Waals surface area contributed by atoms with Gasteiger partial charge in [0.1, 0.15) is 5.75 Å². The van der Waals surface area contributed by atoms with Gasteiger partial charge in [-0.2, -0.15) is 5.10 Å². The van der Waals surface area contributed by atoms with Crippen molar-refractivity contribution in [3.8, 4) is 5.75 Å². The zero-order valence-electron chi connectivity index (χ0n) is 18.8. The topological polar surface area (TPSA) is 73.8 Å². The Labute approximate surface area is 189 Å². The lowest BCUT2D eigenvalue weighted by atomic mass is 9.95. The molecule has 1 amide bonds. The van der Waals surface area contributed by atoms with Crippen molar-refractivity contribution in [3.63, 3.8) is 0 Å². The molecule has 2 aromatic carbocycles. The van der Waals surface area contributed by atoms with Crippen LogP contribution in [-0.2, 0) is 17.8 Å². The molecule has 168 valence electrons. The first-order valence-corrected chi connectivity index (χ1v) is 11.1. The number of amides is 1. The second-order valence-electron chi connectivity index (χ2n) is 8.55. The molecule has 0 saturated carbocycles. The summed E-state index contributed by atoms with van der Waals surface area (Å²) >= 11 is 0. The zero-order chi connectivity index (χ0) is 22.3. The molecule has 1 aromatic heterocycles. The molecule has 1 N–H and O–H groups in total. The van der Waals surface area contributed by atoms with E-state index < -0.39 is 0 Å². The molecule has 0 atom stereocenters. The molecule has 1 saturated heterocycles. The quantitative estimate of drug-likeness (QED) is 0.552. The zero-order valence-corrected chi connectivity index (χ0v) is 18.8. The number of aliphatic imine (C=N–C) groups is 1. The molecule has 0 aliphatic carbocycles. The predicted octanol–water partition coefficient (Wildman–Crippen LogP) is 3.51.